The average molecular weight is 426 g/mol. The number of halogens is 2. The fourth-order valence-corrected chi connectivity index (χ4v) is 4.16. The van der Waals surface area contributed by atoms with Gasteiger partial charge in [-0.3, -0.25) is 0 Å². The summed E-state index contributed by atoms with van der Waals surface area (Å²) < 4.78 is 26.3. The molecule has 1 aromatic heterocycles. The smallest absolute Gasteiger partial charge is 0.399 e. The molecule has 0 unspecified atom stereocenters. The van der Waals surface area contributed by atoms with Crippen LogP contribution in [-0.4, -0.2) is 34.8 Å². The van der Waals surface area contributed by atoms with E-state index in [1.54, 1.807) is 12.4 Å². The molecule has 2 aliphatic heterocycles. The molecule has 0 atom stereocenters. The zero-order valence-electron chi connectivity index (χ0n) is 17.4. The second-order valence-corrected chi connectivity index (χ2v) is 9.27. The van der Waals surface area contributed by atoms with Crippen molar-refractivity contribution >= 4 is 46.6 Å². The number of nitrogens with zero attached hydrogens (tertiary/aromatic N) is 3. The van der Waals surface area contributed by atoms with Crippen LogP contribution in [0, 0.1) is 5.82 Å². The first-order valence-corrected chi connectivity index (χ1v) is 10.4. The highest BCUT2D eigenvalue weighted by atomic mass is 35.5. The van der Waals surface area contributed by atoms with Gasteiger partial charge in [-0.15, -0.1) is 0 Å². The normalized spacial score (nSPS) is 19.5. The molecule has 0 N–H and O–H groups in total. The van der Waals surface area contributed by atoms with Gasteiger partial charge in [-0.2, -0.15) is 0 Å². The summed E-state index contributed by atoms with van der Waals surface area (Å²) in [7, 11) is -0.470. The molecule has 1 saturated heterocycles. The minimum absolute atomic E-state index is 0.108. The summed E-state index contributed by atoms with van der Waals surface area (Å²) in [6.45, 7) is 8.83. The highest BCUT2D eigenvalue weighted by Gasteiger charge is 2.51. The van der Waals surface area contributed by atoms with Crippen molar-refractivity contribution in [2.45, 2.75) is 45.3 Å². The Morgan fingerprint density at radius 2 is 1.80 bits per heavy atom. The Morgan fingerprint density at radius 3 is 2.53 bits per heavy atom. The lowest BCUT2D eigenvalue weighted by Crippen LogP contribution is -2.41. The van der Waals surface area contributed by atoms with Crippen LogP contribution in [0.2, 0.25) is 5.02 Å². The van der Waals surface area contributed by atoms with Crippen LogP contribution in [-0.2, 0) is 15.7 Å². The standard InChI is InChI=1S/C22H22BClFN3O2/c1-21(2)22(3,4)30-23(29-21)14-5-6-18-15(10-14)20(27-12-26-18)28-8-7-13-9-17(25)16(24)11-19(13)28/h5-6,9-12H,7-8H2,1-4H3. The Bertz CT molecular complexity index is 1150. The van der Waals surface area contributed by atoms with E-state index in [-0.39, 0.29) is 5.02 Å². The Balaban J connectivity index is 1.59. The first-order valence-electron chi connectivity index (χ1n) is 10.0. The number of anilines is 2. The third kappa shape index (κ3) is 2.99. The average Bonchev–Trinajstić information content (AvgIpc) is 3.18. The van der Waals surface area contributed by atoms with Crippen molar-refractivity contribution in [3.05, 3.63) is 53.1 Å². The summed E-state index contributed by atoms with van der Waals surface area (Å²) in [6, 6.07) is 9.14. The molecule has 154 valence electrons. The third-order valence-electron chi connectivity index (χ3n) is 6.44. The Hall–Kier alpha value is -2.22. The van der Waals surface area contributed by atoms with Crippen molar-refractivity contribution in [2.24, 2.45) is 0 Å². The molecule has 30 heavy (non-hydrogen) atoms. The molecule has 0 spiro atoms. The van der Waals surface area contributed by atoms with Gasteiger partial charge < -0.3 is 14.2 Å². The van der Waals surface area contributed by atoms with Crippen LogP contribution in [0.5, 0.6) is 0 Å². The first-order chi connectivity index (χ1) is 14.2. The Labute approximate surface area is 180 Å². The largest absolute Gasteiger partial charge is 0.494 e. The van der Waals surface area contributed by atoms with Crippen LogP contribution >= 0.6 is 11.6 Å². The third-order valence-corrected chi connectivity index (χ3v) is 6.73. The van der Waals surface area contributed by atoms with E-state index in [4.69, 9.17) is 20.9 Å². The molecule has 0 aliphatic carbocycles. The summed E-state index contributed by atoms with van der Waals surface area (Å²) in [5.74, 6) is 0.368. The van der Waals surface area contributed by atoms with Crippen molar-refractivity contribution in [2.75, 3.05) is 11.4 Å². The van der Waals surface area contributed by atoms with Gasteiger partial charge in [-0.25, -0.2) is 14.4 Å². The lowest BCUT2D eigenvalue weighted by atomic mass is 9.78. The fraction of sp³-hybridized carbons (Fsp3) is 0.364. The maximum atomic E-state index is 13.9. The fourth-order valence-electron chi connectivity index (χ4n) is 4.00. The van der Waals surface area contributed by atoms with Crippen molar-refractivity contribution in [1.82, 2.24) is 9.97 Å². The quantitative estimate of drug-likeness (QED) is 0.569. The van der Waals surface area contributed by atoms with E-state index in [9.17, 15) is 4.39 Å². The van der Waals surface area contributed by atoms with Crippen molar-refractivity contribution in [3.8, 4) is 0 Å². The van der Waals surface area contributed by atoms with Crippen molar-refractivity contribution in [1.29, 1.82) is 0 Å². The molecule has 8 heteroatoms. The van der Waals surface area contributed by atoms with E-state index in [1.165, 1.54) is 6.07 Å². The molecule has 0 bridgehead atoms. The summed E-state index contributed by atoms with van der Waals surface area (Å²) in [6.07, 6.45) is 2.28. The van der Waals surface area contributed by atoms with E-state index >= 15 is 0 Å². The van der Waals surface area contributed by atoms with Gasteiger partial charge in [0.05, 0.1) is 21.7 Å². The van der Waals surface area contributed by atoms with Crippen LogP contribution < -0.4 is 10.4 Å². The van der Waals surface area contributed by atoms with Crippen molar-refractivity contribution in [3.63, 3.8) is 0 Å². The highest BCUT2D eigenvalue weighted by Crippen LogP contribution is 2.39. The first kappa shape index (κ1) is 19.7. The lowest BCUT2D eigenvalue weighted by Gasteiger charge is -2.32. The summed E-state index contributed by atoms with van der Waals surface area (Å²) in [5, 5.41) is 0.995. The Morgan fingerprint density at radius 1 is 1.07 bits per heavy atom. The molecule has 2 aromatic carbocycles. The summed E-state index contributed by atoms with van der Waals surface area (Å²) >= 11 is 6.06. The van der Waals surface area contributed by atoms with Crippen LogP contribution in [0.4, 0.5) is 15.9 Å². The second kappa shape index (κ2) is 6.64. The maximum absolute atomic E-state index is 13.9. The molecule has 5 nitrogen and oxygen atoms in total. The van der Waals surface area contributed by atoms with Gasteiger partial charge >= 0.3 is 7.12 Å². The Kier molecular flexibility index (Phi) is 4.37. The molecule has 0 radical (unpaired) electrons. The van der Waals surface area contributed by atoms with Gasteiger partial charge in [-0.05, 0) is 69.4 Å². The van der Waals surface area contributed by atoms with Gasteiger partial charge in [0.2, 0.25) is 0 Å². The molecule has 1 fully saturated rings. The van der Waals surface area contributed by atoms with Crippen LogP contribution in [0.3, 0.4) is 0 Å². The zero-order valence-corrected chi connectivity index (χ0v) is 18.1. The minimum Gasteiger partial charge on any atom is -0.399 e. The molecule has 2 aliphatic rings. The molecular formula is C22H22BClFN3O2. The van der Waals surface area contributed by atoms with E-state index in [0.29, 0.717) is 6.54 Å². The predicted octanol–water partition coefficient (Wildman–Crippen LogP) is 4.42. The summed E-state index contributed by atoms with van der Waals surface area (Å²) in [4.78, 5) is 11.0. The molecule has 3 heterocycles. The van der Waals surface area contributed by atoms with Crippen molar-refractivity contribution < 1.29 is 13.7 Å². The number of hydrogen-bond acceptors (Lipinski definition) is 5. The number of aromatic nitrogens is 2. The molecular weight excluding hydrogens is 404 g/mol. The van der Waals surface area contributed by atoms with Gasteiger partial charge in [0, 0.05) is 17.6 Å². The van der Waals surface area contributed by atoms with E-state index in [1.807, 2.05) is 45.9 Å². The number of benzene rings is 2. The maximum Gasteiger partial charge on any atom is 0.494 e. The van der Waals surface area contributed by atoms with Crippen LogP contribution in [0.1, 0.15) is 33.3 Å². The van der Waals surface area contributed by atoms with Crippen LogP contribution in [0.25, 0.3) is 10.9 Å². The van der Waals surface area contributed by atoms with E-state index in [2.05, 4.69) is 14.9 Å². The summed E-state index contributed by atoms with van der Waals surface area (Å²) in [5.41, 5.74) is 2.69. The second-order valence-electron chi connectivity index (χ2n) is 8.86. The molecule has 5 rings (SSSR count). The zero-order chi connectivity index (χ0) is 21.3. The van der Waals surface area contributed by atoms with Gasteiger partial charge in [-0.1, -0.05) is 17.7 Å². The highest BCUT2D eigenvalue weighted by molar-refractivity contribution is 6.62. The lowest BCUT2D eigenvalue weighted by molar-refractivity contribution is 0.00578. The predicted molar refractivity (Wildman–Crippen MR) is 117 cm³/mol. The van der Waals surface area contributed by atoms with Gasteiger partial charge in [0.1, 0.15) is 18.0 Å². The van der Waals surface area contributed by atoms with Crippen LogP contribution in [0.15, 0.2) is 36.7 Å². The van der Waals surface area contributed by atoms with Gasteiger partial charge in [0.25, 0.3) is 0 Å². The van der Waals surface area contributed by atoms with E-state index in [0.717, 1.165) is 39.9 Å². The number of fused-ring (bicyclic) bond motifs is 2. The SMILES string of the molecule is CC1(C)OB(c2ccc3ncnc(N4CCc5cc(F)c(Cl)cc54)c3c2)OC1(C)C. The monoisotopic (exact) mass is 425 g/mol. The molecule has 0 saturated carbocycles. The number of hydrogen-bond donors (Lipinski definition) is 0. The molecule has 0 amide bonds. The van der Waals surface area contributed by atoms with Gasteiger partial charge in [0.15, 0.2) is 0 Å². The number of rotatable bonds is 2. The van der Waals surface area contributed by atoms with E-state index < -0.39 is 24.1 Å². The topological polar surface area (TPSA) is 47.5 Å². The molecule has 3 aromatic rings. The minimum atomic E-state index is -0.470.